The van der Waals surface area contributed by atoms with Crippen LogP contribution in [0.5, 0.6) is 0 Å². The fraction of sp³-hybridized carbons (Fsp3) is 0.480. The van der Waals surface area contributed by atoms with Gasteiger partial charge >= 0.3 is 5.97 Å². The summed E-state index contributed by atoms with van der Waals surface area (Å²) >= 11 is 0. The Labute approximate surface area is 194 Å². The highest BCUT2D eigenvalue weighted by molar-refractivity contribution is 6.01. The number of likely N-dealkylation sites (N-methyl/N-ethyl adjacent to an activating group) is 1. The second kappa shape index (κ2) is 10.7. The van der Waals surface area contributed by atoms with E-state index in [9.17, 15) is 14.4 Å². The van der Waals surface area contributed by atoms with Gasteiger partial charge in [-0.05, 0) is 38.8 Å². The van der Waals surface area contributed by atoms with Crippen molar-refractivity contribution in [2.24, 2.45) is 0 Å². The number of benzene rings is 1. The molecule has 2 heterocycles. The van der Waals surface area contributed by atoms with Crippen molar-refractivity contribution in [2.45, 2.75) is 65.5 Å². The Bertz CT molecular complexity index is 999. The van der Waals surface area contributed by atoms with Gasteiger partial charge in [-0.15, -0.1) is 0 Å². The standard InChI is InChI=1S/C25H33N3O5/c1-6-20(18-10-8-7-9-11-18)26-23(29)19-14-21(28-12-13-32-15-22(19)28)24(30)27(5)17(4)25(31)33-16(2)3/h7-11,14,16-17,20H,6,12-13,15H2,1-5H3,(H,26,29)/t17-,20+/m0/s1. The van der Waals surface area contributed by atoms with E-state index in [1.54, 1.807) is 33.9 Å². The first kappa shape index (κ1) is 24.5. The average molecular weight is 456 g/mol. The maximum absolute atomic E-state index is 13.3. The molecule has 8 nitrogen and oxygen atoms in total. The molecular formula is C25H33N3O5. The van der Waals surface area contributed by atoms with Crippen molar-refractivity contribution in [1.82, 2.24) is 14.8 Å². The Morgan fingerprint density at radius 1 is 1.18 bits per heavy atom. The predicted molar refractivity (Wildman–Crippen MR) is 124 cm³/mol. The summed E-state index contributed by atoms with van der Waals surface area (Å²) in [6.07, 6.45) is 0.458. The molecule has 1 aliphatic rings. The van der Waals surface area contributed by atoms with Crippen LogP contribution in [0.1, 0.15) is 72.3 Å². The van der Waals surface area contributed by atoms with E-state index in [0.29, 0.717) is 30.1 Å². The van der Waals surface area contributed by atoms with Gasteiger partial charge in [0.1, 0.15) is 11.7 Å². The van der Waals surface area contributed by atoms with Crippen LogP contribution in [0.2, 0.25) is 0 Å². The normalized spacial score (nSPS) is 14.8. The number of ether oxygens (including phenoxy) is 2. The molecule has 33 heavy (non-hydrogen) atoms. The molecule has 1 aromatic heterocycles. The summed E-state index contributed by atoms with van der Waals surface area (Å²) < 4.78 is 12.7. The van der Waals surface area contributed by atoms with E-state index in [4.69, 9.17) is 9.47 Å². The highest BCUT2D eigenvalue weighted by atomic mass is 16.5. The van der Waals surface area contributed by atoms with Gasteiger partial charge in [-0.1, -0.05) is 37.3 Å². The van der Waals surface area contributed by atoms with Gasteiger partial charge in [0.05, 0.1) is 36.6 Å². The zero-order chi connectivity index (χ0) is 24.1. The summed E-state index contributed by atoms with van der Waals surface area (Å²) in [5, 5.41) is 3.09. The van der Waals surface area contributed by atoms with Gasteiger partial charge in [0.2, 0.25) is 0 Å². The number of fused-ring (bicyclic) bond motifs is 1. The van der Waals surface area contributed by atoms with Crippen molar-refractivity contribution in [3.05, 3.63) is 58.9 Å². The summed E-state index contributed by atoms with van der Waals surface area (Å²) in [4.78, 5) is 40.2. The van der Waals surface area contributed by atoms with Crippen LogP contribution in [0.4, 0.5) is 0 Å². The van der Waals surface area contributed by atoms with Crippen LogP contribution in [-0.2, 0) is 27.4 Å². The Morgan fingerprint density at radius 2 is 1.88 bits per heavy atom. The molecule has 0 spiro atoms. The number of carbonyl (C=O) groups is 3. The van der Waals surface area contributed by atoms with E-state index in [-0.39, 0.29) is 30.6 Å². The fourth-order valence-electron chi connectivity index (χ4n) is 3.89. The van der Waals surface area contributed by atoms with Crippen LogP contribution in [0, 0.1) is 0 Å². The van der Waals surface area contributed by atoms with E-state index in [1.807, 2.05) is 41.8 Å². The first-order valence-electron chi connectivity index (χ1n) is 11.4. The second-order valence-electron chi connectivity index (χ2n) is 8.52. The lowest BCUT2D eigenvalue weighted by atomic mass is 10.0. The lowest BCUT2D eigenvalue weighted by molar-refractivity contribution is -0.151. The Morgan fingerprint density at radius 3 is 2.52 bits per heavy atom. The van der Waals surface area contributed by atoms with Crippen molar-refractivity contribution in [1.29, 1.82) is 0 Å². The summed E-state index contributed by atoms with van der Waals surface area (Å²) in [5.74, 6) is -1.07. The molecule has 0 saturated heterocycles. The van der Waals surface area contributed by atoms with Crippen LogP contribution in [0.15, 0.2) is 36.4 Å². The van der Waals surface area contributed by atoms with E-state index in [0.717, 1.165) is 12.0 Å². The molecule has 1 aromatic carbocycles. The first-order chi connectivity index (χ1) is 15.7. The lowest BCUT2D eigenvalue weighted by Crippen LogP contribution is -2.42. The lowest BCUT2D eigenvalue weighted by Gasteiger charge is -2.26. The summed E-state index contributed by atoms with van der Waals surface area (Å²) in [5.41, 5.74) is 2.46. The number of nitrogens with zero attached hydrogens (tertiary/aromatic N) is 2. The van der Waals surface area contributed by atoms with E-state index in [1.165, 1.54) is 4.90 Å². The van der Waals surface area contributed by atoms with Crippen molar-refractivity contribution in [3.8, 4) is 0 Å². The molecule has 0 radical (unpaired) electrons. The van der Waals surface area contributed by atoms with Crippen molar-refractivity contribution >= 4 is 17.8 Å². The largest absolute Gasteiger partial charge is 0.461 e. The molecule has 8 heteroatoms. The maximum Gasteiger partial charge on any atom is 0.328 e. The number of hydrogen-bond acceptors (Lipinski definition) is 5. The van der Waals surface area contributed by atoms with Crippen LogP contribution < -0.4 is 5.32 Å². The fourth-order valence-corrected chi connectivity index (χ4v) is 3.89. The third-order valence-corrected chi connectivity index (χ3v) is 5.88. The Kier molecular flexibility index (Phi) is 7.92. The molecule has 178 valence electrons. The van der Waals surface area contributed by atoms with Gasteiger partial charge in [-0.3, -0.25) is 9.59 Å². The Hall–Kier alpha value is -3.13. The highest BCUT2D eigenvalue weighted by Crippen LogP contribution is 2.24. The number of rotatable bonds is 8. The minimum absolute atomic E-state index is 0.147. The zero-order valence-corrected chi connectivity index (χ0v) is 20.0. The quantitative estimate of drug-likeness (QED) is 0.617. The van der Waals surface area contributed by atoms with Gasteiger partial charge in [0, 0.05) is 13.6 Å². The average Bonchev–Trinajstić information content (AvgIpc) is 3.21. The summed E-state index contributed by atoms with van der Waals surface area (Å²) in [6, 6.07) is 10.5. The van der Waals surface area contributed by atoms with Crippen LogP contribution in [0.25, 0.3) is 0 Å². The second-order valence-corrected chi connectivity index (χ2v) is 8.52. The van der Waals surface area contributed by atoms with Gasteiger partial charge in [-0.25, -0.2) is 4.79 Å². The van der Waals surface area contributed by atoms with Gasteiger partial charge in [-0.2, -0.15) is 0 Å². The topological polar surface area (TPSA) is 89.9 Å². The van der Waals surface area contributed by atoms with E-state index in [2.05, 4.69) is 5.32 Å². The minimum Gasteiger partial charge on any atom is -0.461 e. The van der Waals surface area contributed by atoms with Crippen molar-refractivity contribution in [2.75, 3.05) is 13.7 Å². The zero-order valence-electron chi connectivity index (χ0n) is 20.0. The smallest absolute Gasteiger partial charge is 0.328 e. The van der Waals surface area contributed by atoms with Gasteiger partial charge < -0.3 is 24.3 Å². The minimum atomic E-state index is -0.759. The molecule has 1 N–H and O–H groups in total. The van der Waals surface area contributed by atoms with Gasteiger partial charge in [0.15, 0.2) is 0 Å². The number of nitrogens with one attached hydrogen (secondary N) is 1. The van der Waals surface area contributed by atoms with Crippen molar-refractivity contribution < 1.29 is 23.9 Å². The molecule has 0 fully saturated rings. The van der Waals surface area contributed by atoms with Gasteiger partial charge in [0.25, 0.3) is 11.8 Å². The molecule has 1 aliphatic heterocycles. The Balaban J connectivity index is 1.86. The molecule has 0 saturated carbocycles. The van der Waals surface area contributed by atoms with Crippen LogP contribution in [0.3, 0.4) is 0 Å². The molecule has 2 atom stereocenters. The molecule has 2 aromatic rings. The summed E-state index contributed by atoms with van der Waals surface area (Å²) in [7, 11) is 1.57. The van der Waals surface area contributed by atoms with Crippen LogP contribution in [-0.4, -0.2) is 53.1 Å². The molecule has 0 bridgehead atoms. The number of hydrogen-bond donors (Lipinski definition) is 1. The SMILES string of the molecule is CC[C@@H](NC(=O)c1cc(C(=O)N(C)[C@@H](C)C(=O)OC(C)C)n2c1COCC2)c1ccccc1. The van der Waals surface area contributed by atoms with E-state index >= 15 is 0 Å². The molecule has 0 aliphatic carbocycles. The number of esters is 1. The number of aromatic nitrogens is 1. The molecule has 3 rings (SSSR count). The third-order valence-electron chi connectivity index (χ3n) is 5.88. The predicted octanol–water partition coefficient (Wildman–Crippen LogP) is 3.31. The monoisotopic (exact) mass is 455 g/mol. The van der Waals surface area contributed by atoms with Crippen LogP contribution >= 0.6 is 0 Å². The number of carbonyl (C=O) groups excluding carboxylic acids is 3. The third kappa shape index (κ3) is 5.45. The molecular weight excluding hydrogens is 422 g/mol. The molecule has 2 amide bonds. The first-order valence-corrected chi connectivity index (χ1v) is 11.4. The van der Waals surface area contributed by atoms with E-state index < -0.39 is 12.0 Å². The summed E-state index contributed by atoms with van der Waals surface area (Å²) in [6.45, 7) is 8.31. The highest BCUT2D eigenvalue weighted by Gasteiger charge is 2.31. The molecule has 0 unspecified atom stereocenters. The maximum atomic E-state index is 13.3. The van der Waals surface area contributed by atoms with Crippen molar-refractivity contribution in [3.63, 3.8) is 0 Å². The number of amides is 2.